The van der Waals surface area contributed by atoms with Crippen LogP contribution < -0.4 is 25.4 Å². The molecule has 0 heterocycles. The molecular formula is C18H21N3O4. The van der Waals surface area contributed by atoms with E-state index >= 15 is 0 Å². The van der Waals surface area contributed by atoms with Gasteiger partial charge in [-0.05, 0) is 43.3 Å². The van der Waals surface area contributed by atoms with Crippen LogP contribution in [0.25, 0.3) is 0 Å². The summed E-state index contributed by atoms with van der Waals surface area (Å²) < 4.78 is 15.9. The maximum atomic E-state index is 12.1. The normalized spacial score (nSPS) is 11.0. The van der Waals surface area contributed by atoms with E-state index in [4.69, 9.17) is 19.9 Å². The van der Waals surface area contributed by atoms with Crippen molar-refractivity contribution in [3.05, 3.63) is 47.5 Å². The Kier molecular flexibility index (Phi) is 5.84. The Hall–Kier alpha value is -3.22. The van der Waals surface area contributed by atoms with Crippen LogP contribution in [0.2, 0.25) is 0 Å². The summed E-state index contributed by atoms with van der Waals surface area (Å²) in [6, 6.07) is 10.1. The number of nitrogen functional groups attached to an aromatic ring is 1. The summed E-state index contributed by atoms with van der Waals surface area (Å²) in [6.45, 7) is 1.77. The lowest BCUT2D eigenvalue weighted by molar-refractivity contribution is 0.0955. The van der Waals surface area contributed by atoms with Crippen molar-refractivity contribution in [1.29, 1.82) is 0 Å². The van der Waals surface area contributed by atoms with E-state index in [0.717, 1.165) is 5.56 Å². The van der Waals surface area contributed by atoms with E-state index in [2.05, 4.69) is 10.5 Å². The van der Waals surface area contributed by atoms with Crippen molar-refractivity contribution < 1.29 is 19.0 Å². The van der Waals surface area contributed by atoms with Gasteiger partial charge < -0.3 is 19.9 Å². The maximum Gasteiger partial charge on any atom is 0.271 e. The molecule has 1 amide bonds. The van der Waals surface area contributed by atoms with Gasteiger partial charge in [0.2, 0.25) is 5.75 Å². The van der Waals surface area contributed by atoms with Gasteiger partial charge in [0.1, 0.15) is 0 Å². The SMILES string of the molecule is COc1cc(/C(C)=N/NC(=O)c2ccc(N)cc2)cc(OC)c1OC. The highest BCUT2D eigenvalue weighted by molar-refractivity contribution is 6.01. The fourth-order valence-corrected chi connectivity index (χ4v) is 2.19. The highest BCUT2D eigenvalue weighted by Crippen LogP contribution is 2.38. The van der Waals surface area contributed by atoms with Crippen LogP contribution >= 0.6 is 0 Å². The van der Waals surface area contributed by atoms with E-state index in [9.17, 15) is 4.79 Å². The van der Waals surface area contributed by atoms with E-state index in [1.807, 2.05) is 0 Å². The van der Waals surface area contributed by atoms with Crippen molar-refractivity contribution >= 4 is 17.3 Å². The highest BCUT2D eigenvalue weighted by atomic mass is 16.5. The topological polar surface area (TPSA) is 95.2 Å². The summed E-state index contributed by atoms with van der Waals surface area (Å²) in [6.07, 6.45) is 0. The molecule has 0 fully saturated rings. The fourth-order valence-electron chi connectivity index (χ4n) is 2.19. The molecule has 25 heavy (non-hydrogen) atoms. The summed E-state index contributed by atoms with van der Waals surface area (Å²) in [5, 5.41) is 4.13. The van der Waals surface area contributed by atoms with Gasteiger partial charge in [0, 0.05) is 16.8 Å². The molecule has 0 saturated carbocycles. The van der Waals surface area contributed by atoms with Crippen molar-refractivity contribution in [2.24, 2.45) is 5.10 Å². The third-order valence-electron chi connectivity index (χ3n) is 3.58. The number of benzene rings is 2. The van der Waals surface area contributed by atoms with Gasteiger partial charge in [0.05, 0.1) is 27.0 Å². The molecule has 0 aliphatic carbocycles. The molecule has 0 unspecified atom stereocenters. The standard InChI is InChI=1S/C18H21N3O4/c1-11(20-21-18(22)12-5-7-14(19)8-6-12)13-9-15(23-2)17(25-4)16(10-13)24-3/h5-10H,19H2,1-4H3,(H,21,22)/b20-11+. The lowest BCUT2D eigenvalue weighted by Crippen LogP contribution is -2.19. The van der Waals surface area contributed by atoms with Gasteiger partial charge in [-0.15, -0.1) is 0 Å². The number of ether oxygens (including phenoxy) is 3. The number of hydrogen-bond donors (Lipinski definition) is 2. The third-order valence-corrected chi connectivity index (χ3v) is 3.58. The second-order valence-corrected chi connectivity index (χ2v) is 5.17. The minimum Gasteiger partial charge on any atom is -0.493 e. The summed E-state index contributed by atoms with van der Waals surface area (Å²) >= 11 is 0. The first-order valence-corrected chi connectivity index (χ1v) is 7.50. The summed E-state index contributed by atoms with van der Waals surface area (Å²) in [5.41, 5.74) is 10.5. The average Bonchev–Trinajstić information content (AvgIpc) is 2.64. The number of nitrogens with zero attached hydrogens (tertiary/aromatic N) is 1. The van der Waals surface area contributed by atoms with Crippen LogP contribution in [0.3, 0.4) is 0 Å². The minimum absolute atomic E-state index is 0.327. The Morgan fingerprint density at radius 1 is 0.960 bits per heavy atom. The number of carbonyl (C=O) groups excluding carboxylic acids is 1. The van der Waals surface area contributed by atoms with Gasteiger partial charge in [-0.1, -0.05) is 0 Å². The Balaban J connectivity index is 2.24. The number of hydrazone groups is 1. The van der Waals surface area contributed by atoms with Gasteiger partial charge in [-0.3, -0.25) is 4.79 Å². The molecule has 7 heteroatoms. The van der Waals surface area contributed by atoms with Crippen LogP contribution in [0.1, 0.15) is 22.8 Å². The van der Waals surface area contributed by atoms with Gasteiger partial charge in [0.25, 0.3) is 5.91 Å². The molecule has 0 aliphatic rings. The number of nitrogens with one attached hydrogen (secondary N) is 1. The second-order valence-electron chi connectivity index (χ2n) is 5.17. The zero-order valence-electron chi connectivity index (χ0n) is 14.6. The molecule has 0 bridgehead atoms. The van der Waals surface area contributed by atoms with Gasteiger partial charge >= 0.3 is 0 Å². The number of rotatable bonds is 6. The van der Waals surface area contributed by atoms with E-state index in [0.29, 0.717) is 34.2 Å². The first-order valence-electron chi connectivity index (χ1n) is 7.50. The van der Waals surface area contributed by atoms with Crippen molar-refractivity contribution in [1.82, 2.24) is 5.43 Å². The number of carbonyl (C=O) groups is 1. The molecule has 0 aromatic heterocycles. The molecule has 0 saturated heterocycles. The monoisotopic (exact) mass is 343 g/mol. The molecule has 0 radical (unpaired) electrons. The lowest BCUT2D eigenvalue weighted by Gasteiger charge is -2.14. The Labute approximate surface area is 146 Å². The molecule has 0 atom stereocenters. The Morgan fingerprint density at radius 2 is 1.52 bits per heavy atom. The van der Waals surface area contributed by atoms with E-state index in [1.54, 1.807) is 43.3 Å². The van der Waals surface area contributed by atoms with Gasteiger partial charge in [-0.2, -0.15) is 5.10 Å². The average molecular weight is 343 g/mol. The van der Waals surface area contributed by atoms with Gasteiger partial charge in [0.15, 0.2) is 11.5 Å². The largest absolute Gasteiger partial charge is 0.493 e. The fraction of sp³-hybridized carbons (Fsp3) is 0.222. The number of nitrogens with two attached hydrogens (primary N) is 1. The van der Waals surface area contributed by atoms with Crippen LogP contribution in [0, 0.1) is 0 Å². The highest BCUT2D eigenvalue weighted by Gasteiger charge is 2.14. The van der Waals surface area contributed by atoms with Crippen molar-refractivity contribution in [3.8, 4) is 17.2 Å². The molecule has 2 rings (SSSR count). The van der Waals surface area contributed by atoms with E-state index in [-0.39, 0.29) is 5.91 Å². The maximum absolute atomic E-state index is 12.1. The van der Waals surface area contributed by atoms with E-state index in [1.165, 1.54) is 21.3 Å². The minimum atomic E-state index is -0.327. The van der Waals surface area contributed by atoms with Gasteiger partial charge in [-0.25, -0.2) is 5.43 Å². The number of anilines is 1. The molecule has 2 aromatic rings. The lowest BCUT2D eigenvalue weighted by atomic mass is 10.1. The number of amides is 1. The van der Waals surface area contributed by atoms with Crippen molar-refractivity contribution in [3.63, 3.8) is 0 Å². The molecule has 132 valence electrons. The number of methoxy groups -OCH3 is 3. The predicted molar refractivity (Wildman–Crippen MR) is 96.6 cm³/mol. The third kappa shape index (κ3) is 4.20. The smallest absolute Gasteiger partial charge is 0.271 e. The van der Waals surface area contributed by atoms with Crippen molar-refractivity contribution in [2.45, 2.75) is 6.92 Å². The van der Waals surface area contributed by atoms with Crippen LogP contribution in [0.15, 0.2) is 41.5 Å². The molecule has 3 N–H and O–H groups in total. The summed E-state index contributed by atoms with van der Waals surface area (Å²) in [7, 11) is 4.61. The summed E-state index contributed by atoms with van der Waals surface area (Å²) in [5.74, 6) is 1.19. The molecular weight excluding hydrogens is 322 g/mol. The number of hydrogen-bond acceptors (Lipinski definition) is 6. The van der Waals surface area contributed by atoms with E-state index < -0.39 is 0 Å². The Bertz CT molecular complexity index is 760. The first-order chi connectivity index (χ1) is 12.0. The molecule has 7 nitrogen and oxygen atoms in total. The van der Waals surface area contributed by atoms with Crippen LogP contribution in [-0.2, 0) is 0 Å². The van der Waals surface area contributed by atoms with Crippen LogP contribution in [0.5, 0.6) is 17.2 Å². The first kappa shape index (κ1) is 18.1. The van der Waals surface area contributed by atoms with Crippen LogP contribution in [0.4, 0.5) is 5.69 Å². The Morgan fingerprint density at radius 3 is 2.00 bits per heavy atom. The zero-order chi connectivity index (χ0) is 18.4. The second kappa shape index (κ2) is 8.05. The zero-order valence-corrected chi connectivity index (χ0v) is 14.6. The van der Waals surface area contributed by atoms with Crippen molar-refractivity contribution in [2.75, 3.05) is 27.1 Å². The molecule has 0 spiro atoms. The molecule has 2 aromatic carbocycles. The quantitative estimate of drug-likeness (QED) is 0.477. The predicted octanol–water partition coefficient (Wildman–Crippen LogP) is 2.45. The molecule has 0 aliphatic heterocycles. The summed E-state index contributed by atoms with van der Waals surface area (Å²) in [4.78, 5) is 12.1. The van der Waals surface area contributed by atoms with Crippen LogP contribution in [-0.4, -0.2) is 32.9 Å².